The van der Waals surface area contributed by atoms with E-state index >= 15 is 0 Å². The zero-order valence-electron chi connectivity index (χ0n) is 9.89. The van der Waals surface area contributed by atoms with Crippen LogP contribution in [0.1, 0.15) is 25.3 Å². The van der Waals surface area contributed by atoms with Crippen molar-refractivity contribution in [3.05, 3.63) is 29.8 Å². The molecule has 0 heterocycles. The Bertz CT molecular complexity index is 482. The summed E-state index contributed by atoms with van der Waals surface area (Å²) in [5.74, 6) is 0.507. The van der Waals surface area contributed by atoms with Gasteiger partial charge in [-0.3, -0.25) is 0 Å². The van der Waals surface area contributed by atoms with Gasteiger partial charge in [-0.05, 0) is 30.0 Å². The molecule has 3 N–H and O–H groups in total. The molecule has 1 aromatic rings. The second-order valence-electron chi connectivity index (χ2n) is 4.48. The van der Waals surface area contributed by atoms with Crippen LogP contribution in [0.4, 0.5) is 0 Å². The molecule has 0 aromatic heterocycles. The third-order valence-electron chi connectivity index (χ3n) is 3.22. The Kier molecular flexibility index (Phi) is 3.51. The fraction of sp³-hybridized carbons (Fsp3) is 0.500. The Hall–Kier alpha value is -0.910. The van der Waals surface area contributed by atoms with Crippen molar-refractivity contribution in [3.8, 4) is 0 Å². The lowest BCUT2D eigenvalue weighted by atomic mass is 10.2. The predicted molar refractivity (Wildman–Crippen MR) is 66.8 cm³/mol. The van der Waals surface area contributed by atoms with E-state index < -0.39 is 10.0 Å². The summed E-state index contributed by atoms with van der Waals surface area (Å²) >= 11 is 0. The molecule has 94 valence electrons. The van der Waals surface area contributed by atoms with Crippen molar-refractivity contribution in [1.82, 2.24) is 4.72 Å². The topological polar surface area (TPSA) is 72.2 Å². The van der Waals surface area contributed by atoms with Crippen molar-refractivity contribution < 1.29 is 8.42 Å². The molecule has 2 unspecified atom stereocenters. The van der Waals surface area contributed by atoms with E-state index in [0.29, 0.717) is 17.4 Å². The molecule has 0 bridgehead atoms. The summed E-state index contributed by atoms with van der Waals surface area (Å²) in [5, 5.41) is 0. The van der Waals surface area contributed by atoms with Gasteiger partial charge >= 0.3 is 0 Å². The number of nitrogens with two attached hydrogens (primary N) is 1. The highest BCUT2D eigenvalue weighted by atomic mass is 32.2. The van der Waals surface area contributed by atoms with Gasteiger partial charge in [0.2, 0.25) is 10.0 Å². The van der Waals surface area contributed by atoms with E-state index in [2.05, 4.69) is 11.6 Å². The Morgan fingerprint density at radius 1 is 1.35 bits per heavy atom. The van der Waals surface area contributed by atoms with Crippen LogP contribution in [0.3, 0.4) is 0 Å². The first kappa shape index (κ1) is 12.5. The van der Waals surface area contributed by atoms with E-state index in [-0.39, 0.29) is 6.04 Å². The molecule has 0 amide bonds. The van der Waals surface area contributed by atoms with E-state index in [4.69, 9.17) is 5.73 Å². The molecule has 2 atom stereocenters. The lowest BCUT2D eigenvalue weighted by molar-refractivity contribution is 0.576. The lowest BCUT2D eigenvalue weighted by Gasteiger charge is -2.06. The molecule has 1 aliphatic carbocycles. The summed E-state index contributed by atoms with van der Waals surface area (Å²) in [6.45, 7) is 2.50. The SMILES string of the molecule is CCC1CC1NS(=O)(=O)c1ccc(CN)cc1. The van der Waals surface area contributed by atoms with Gasteiger partial charge in [0.25, 0.3) is 0 Å². The van der Waals surface area contributed by atoms with Crippen LogP contribution in [0.5, 0.6) is 0 Å². The molecule has 1 fully saturated rings. The van der Waals surface area contributed by atoms with Crippen molar-refractivity contribution >= 4 is 10.0 Å². The molecule has 1 aliphatic rings. The minimum Gasteiger partial charge on any atom is -0.326 e. The van der Waals surface area contributed by atoms with E-state index in [1.54, 1.807) is 24.3 Å². The van der Waals surface area contributed by atoms with Crippen LogP contribution < -0.4 is 10.5 Å². The van der Waals surface area contributed by atoms with Gasteiger partial charge in [-0.15, -0.1) is 0 Å². The first-order valence-electron chi connectivity index (χ1n) is 5.88. The maximum atomic E-state index is 12.0. The molecule has 1 aromatic carbocycles. The standard InChI is InChI=1S/C12H18N2O2S/c1-2-10-7-12(10)14-17(15,16)11-5-3-9(8-13)4-6-11/h3-6,10,12,14H,2,7-8,13H2,1H3. The van der Waals surface area contributed by atoms with Gasteiger partial charge in [0.05, 0.1) is 4.90 Å². The Morgan fingerprint density at radius 2 is 2.00 bits per heavy atom. The Balaban J connectivity index is 2.09. The highest BCUT2D eigenvalue weighted by molar-refractivity contribution is 7.89. The maximum Gasteiger partial charge on any atom is 0.240 e. The summed E-state index contributed by atoms with van der Waals surface area (Å²) in [6.07, 6.45) is 1.98. The molecule has 0 radical (unpaired) electrons. The highest BCUT2D eigenvalue weighted by Gasteiger charge is 2.38. The largest absolute Gasteiger partial charge is 0.326 e. The van der Waals surface area contributed by atoms with Crippen LogP contribution in [0, 0.1) is 5.92 Å². The third-order valence-corrected chi connectivity index (χ3v) is 4.73. The van der Waals surface area contributed by atoms with Crippen LogP contribution in [-0.2, 0) is 16.6 Å². The number of sulfonamides is 1. The molecule has 5 heteroatoms. The molecule has 1 saturated carbocycles. The second-order valence-corrected chi connectivity index (χ2v) is 6.19. The van der Waals surface area contributed by atoms with E-state index in [0.717, 1.165) is 18.4 Å². The van der Waals surface area contributed by atoms with Crippen molar-refractivity contribution in [2.24, 2.45) is 11.7 Å². The summed E-state index contributed by atoms with van der Waals surface area (Å²) in [7, 11) is -3.36. The predicted octanol–water partition coefficient (Wildman–Crippen LogP) is 1.22. The summed E-state index contributed by atoms with van der Waals surface area (Å²) in [4.78, 5) is 0.316. The van der Waals surface area contributed by atoms with Crippen molar-refractivity contribution in [2.75, 3.05) is 0 Å². The Labute approximate surface area is 102 Å². The highest BCUT2D eigenvalue weighted by Crippen LogP contribution is 2.34. The normalized spacial score (nSPS) is 23.6. The van der Waals surface area contributed by atoms with Crippen LogP contribution in [0.15, 0.2) is 29.2 Å². The lowest BCUT2D eigenvalue weighted by Crippen LogP contribution is -2.27. The van der Waals surface area contributed by atoms with Gasteiger partial charge in [0.15, 0.2) is 0 Å². The number of hydrogen-bond acceptors (Lipinski definition) is 3. The van der Waals surface area contributed by atoms with Gasteiger partial charge in [-0.25, -0.2) is 13.1 Å². The Morgan fingerprint density at radius 3 is 2.47 bits per heavy atom. The molecule has 0 saturated heterocycles. The minimum atomic E-state index is -3.36. The molecular formula is C12H18N2O2S. The van der Waals surface area contributed by atoms with Gasteiger partial charge in [0.1, 0.15) is 0 Å². The fourth-order valence-corrected chi connectivity index (χ4v) is 3.23. The van der Waals surface area contributed by atoms with Crippen molar-refractivity contribution in [2.45, 2.75) is 37.2 Å². The molecule has 17 heavy (non-hydrogen) atoms. The van der Waals surface area contributed by atoms with E-state index in [1.807, 2.05) is 0 Å². The number of rotatable bonds is 5. The van der Waals surface area contributed by atoms with Gasteiger partial charge in [-0.1, -0.05) is 25.5 Å². The molecule has 0 spiro atoms. The first-order chi connectivity index (χ1) is 8.06. The monoisotopic (exact) mass is 254 g/mol. The number of benzene rings is 1. The summed E-state index contributed by atoms with van der Waals surface area (Å²) in [6, 6.07) is 6.83. The molecule has 2 rings (SSSR count). The van der Waals surface area contributed by atoms with Gasteiger partial charge in [-0.2, -0.15) is 0 Å². The zero-order chi connectivity index (χ0) is 12.5. The quantitative estimate of drug-likeness (QED) is 0.830. The number of nitrogens with one attached hydrogen (secondary N) is 1. The van der Waals surface area contributed by atoms with E-state index in [9.17, 15) is 8.42 Å². The van der Waals surface area contributed by atoms with Crippen molar-refractivity contribution in [3.63, 3.8) is 0 Å². The van der Waals surface area contributed by atoms with Crippen LogP contribution in [0.2, 0.25) is 0 Å². The van der Waals surface area contributed by atoms with Crippen LogP contribution in [0.25, 0.3) is 0 Å². The average molecular weight is 254 g/mol. The summed E-state index contributed by atoms with van der Waals surface area (Å²) < 4.78 is 26.7. The summed E-state index contributed by atoms with van der Waals surface area (Å²) in [5.41, 5.74) is 6.40. The zero-order valence-corrected chi connectivity index (χ0v) is 10.7. The molecular weight excluding hydrogens is 236 g/mol. The van der Waals surface area contributed by atoms with Crippen LogP contribution in [-0.4, -0.2) is 14.5 Å². The van der Waals surface area contributed by atoms with Gasteiger partial charge in [0, 0.05) is 12.6 Å². The average Bonchev–Trinajstić information content (AvgIpc) is 3.07. The minimum absolute atomic E-state index is 0.124. The maximum absolute atomic E-state index is 12.0. The van der Waals surface area contributed by atoms with E-state index in [1.165, 1.54) is 0 Å². The fourth-order valence-electron chi connectivity index (χ4n) is 1.92. The van der Waals surface area contributed by atoms with Crippen LogP contribution >= 0.6 is 0 Å². The molecule has 4 nitrogen and oxygen atoms in total. The smallest absolute Gasteiger partial charge is 0.240 e. The van der Waals surface area contributed by atoms with Crippen molar-refractivity contribution in [1.29, 1.82) is 0 Å². The number of hydrogen-bond donors (Lipinski definition) is 2. The second kappa shape index (κ2) is 4.76. The molecule has 0 aliphatic heterocycles. The van der Waals surface area contributed by atoms with Gasteiger partial charge < -0.3 is 5.73 Å². The first-order valence-corrected chi connectivity index (χ1v) is 7.36. The third kappa shape index (κ3) is 2.86.